The smallest absolute Gasteiger partial charge is 0.236 e. The molecule has 9 heteroatoms. The maximum Gasteiger partial charge on any atom is 0.236 e. The first-order chi connectivity index (χ1) is 14.3. The summed E-state index contributed by atoms with van der Waals surface area (Å²) in [4.78, 5) is 26.7. The van der Waals surface area contributed by atoms with Crippen LogP contribution in [0.4, 0.5) is 0 Å². The molecule has 0 spiro atoms. The van der Waals surface area contributed by atoms with E-state index in [1.165, 1.54) is 72.8 Å². The molecule has 1 unspecified atom stereocenters. The third-order valence-electron chi connectivity index (χ3n) is 4.67. The minimum Gasteiger partial charge on any atom is -0.497 e. The third kappa shape index (κ3) is 4.14. The molecule has 0 amide bonds. The molecule has 0 N–H and O–H groups in total. The average molecular weight is 436 g/mol. The van der Waals surface area contributed by atoms with Gasteiger partial charge in [0.25, 0.3) is 0 Å². The zero-order valence-corrected chi connectivity index (χ0v) is 18.7. The lowest BCUT2D eigenvalue weighted by molar-refractivity contribution is 0.103. The number of carbonyl (C=O) groups excluding carboxylic acids is 2. The summed E-state index contributed by atoms with van der Waals surface area (Å²) in [6, 6.07) is 7.39. The van der Waals surface area contributed by atoms with Crippen LogP contribution in [0.2, 0.25) is 0 Å². The Morgan fingerprint density at radius 1 is 0.733 bits per heavy atom. The van der Waals surface area contributed by atoms with Gasteiger partial charge in [-0.2, -0.15) is 0 Å². The molecule has 2 aromatic rings. The Labute approximate surface area is 175 Å². The molecule has 0 saturated heterocycles. The lowest BCUT2D eigenvalue weighted by atomic mass is 10.2. The summed E-state index contributed by atoms with van der Waals surface area (Å²) in [6.45, 7) is 1.52. The Balaban J connectivity index is 2.65. The Morgan fingerprint density at radius 2 is 1.23 bits per heavy atom. The summed E-state index contributed by atoms with van der Waals surface area (Å²) in [5.74, 6) is 1.20. The molecule has 1 atom stereocenters. The number of benzene rings is 2. The van der Waals surface area contributed by atoms with Crippen molar-refractivity contribution in [3.05, 3.63) is 41.5 Å². The van der Waals surface area contributed by atoms with E-state index in [0.717, 1.165) is 0 Å². The second-order valence-corrected chi connectivity index (χ2v) is 9.06. The van der Waals surface area contributed by atoms with Crippen LogP contribution in [0.3, 0.4) is 0 Å². The highest BCUT2D eigenvalue weighted by Crippen LogP contribution is 2.55. The maximum absolute atomic E-state index is 13.8. The summed E-state index contributed by atoms with van der Waals surface area (Å²) < 4.78 is 39.9. The lowest BCUT2D eigenvalue weighted by Crippen LogP contribution is -2.15. The van der Waals surface area contributed by atoms with Gasteiger partial charge in [0.2, 0.25) is 18.2 Å². The summed E-state index contributed by atoms with van der Waals surface area (Å²) in [6.07, 6.45) is -0.182. The SMILES string of the molecule is CCP(=O)(C(=O)c1ccc(OC)cc1OC)C(=O)c1c(OC)cc(OC)cc1OC. The van der Waals surface area contributed by atoms with Gasteiger partial charge < -0.3 is 28.2 Å². The van der Waals surface area contributed by atoms with E-state index in [9.17, 15) is 14.2 Å². The molecule has 162 valence electrons. The lowest BCUT2D eigenvalue weighted by Gasteiger charge is -2.19. The van der Waals surface area contributed by atoms with Crippen LogP contribution in [-0.4, -0.2) is 52.8 Å². The van der Waals surface area contributed by atoms with Crippen LogP contribution >= 0.6 is 7.14 Å². The first-order valence-electron chi connectivity index (χ1n) is 9.02. The Hall–Kier alpha value is -2.99. The van der Waals surface area contributed by atoms with E-state index >= 15 is 0 Å². The molecule has 0 aliphatic rings. The molecular formula is C21H25O8P. The van der Waals surface area contributed by atoms with E-state index in [-0.39, 0.29) is 34.5 Å². The van der Waals surface area contributed by atoms with Crippen LogP contribution < -0.4 is 23.7 Å². The van der Waals surface area contributed by atoms with Crippen molar-refractivity contribution in [3.8, 4) is 28.7 Å². The molecule has 8 nitrogen and oxygen atoms in total. The molecule has 0 aromatic heterocycles. The van der Waals surface area contributed by atoms with Crippen molar-refractivity contribution in [1.29, 1.82) is 0 Å². The molecule has 2 rings (SSSR count). The van der Waals surface area contributed by atoms with Crippen molar-refractivity contribution < 1.29 is 37.8 Å². The maximum atomic E-state index is 13.8. The Morgan fingerprint density at radius 3 is 1.67 bits per heavy atom. The van der Waals surface area contributed by atoms with E-state index in [1.54, 1.807) is 0 Å². The van der Waals surface area contributed by atoms with E-state index in [4.69, 9.17) is 23.7 Å². The standard InChI is InChI=1S/C21H25O8P/c1-7-30(24,20(22)15-9-8-13(25-2)10-16(15)27-4)21(23)19-17(28-5)11-14(26-3)12-18(19)29-6/h8-12H,7H2,1-6H3. The predicted octanol–water partition coefficient (Wildman–Crippen LogP) is 4.09. The molecule has 0 aliphatic heterocycles. The molecule has 0 aliphatic carbocycles. The van der Waals surface area contributed by atoms with Gasteiger partial charge in [0, 0.05) is 24.4 Å². The first-order valence-corrected chi connectivity index (χ1v) is 10.9. The highest BCUT2D eigenvalue weighted by Gasteiger charge is 2.43. The molecule has 0 bridgehead atoms. The van der Waals surface area contributed by atoms with Crippen molar-refractivity contribution in [2.75, 3.05) is 41.7 Å². The number of methoxy groups -OCH3 is 5. The van der Waals surface area contributed by atoms with Gasteiger partial charge in [-0.15, -0.1) is 0 Å². The molecule has 30 heavy (non-hydrogen) atoms. The van der Waals surface area contributed by atoms with Gasteiger partial charge in [-0.05, 0) is 12.1 Å². The van der Waals surface area contributed by atoms with Crippen LogP contribution in [0.25, 0.3) is 0 Å². The van der Waals surface area contributed by atoms with Crippen LogP contribution in [-0.2, 0) is 4.57 Å². The highest BCUT2D eigenvalue weighted by molar-refractivity contribution is 7.95. The van der Waals surface area contributed by atoms with Gasteiger partial charge in [-0.25, -0.2) is 0 Å². The second-order valence-electron chi connectivity index (χ2n) is 6.14. The molecule has 0 saturated carbocycles. The topological polar surface area (TPSA) is 97.4 Å². The fraction of sp³-hybridized carbons (Fsp3) is 0.333. The molecule has 2 aromatic carbocycles. The predicted molar refractivity (Wildman–Crippen MR) is 112 cm³/mol. The number of hydrogen-bond acceptors (Lipinski definition) is 8. The van der Waals surface area contributed by atoms with Gasteiger partial charge in [-0.3, -0.25) is 9.59 Å². The third-order valence-corrected chi connectivity index (χ3v) is 7.34. The molecule has 0 heterocycles. The van der Waals surface area contributed by atoms with E-state index in [0.29, 0.717) is 11.5 Å². The minimum atomic E-state index is -4.09. The summed E-state index contributed by atoms with van der Waals surface area (Å²) in [7, 11) is 2.92. The summed E-state index contributed by atoms with van der Waals surface area (Å²) in [5, 5.41) is 0. The van der Waals surface area contributed by atoms with Crippen molar-refractivity contribution in [2.24, 2.45) is 0 Å². The van der Waals surface area contributed by atoms with Crippen molar-refractivity contribution in [3.63, 3.8) is 0 Å². The van der Waals surface area contributed by atoms with Crippen LogP contribution in [0.15, 0.2) is 30.3 Å². The minimum absolute atomic E-state index is 0.0308. The van der Waals surface area contributed by atoms with Gasteiger partial charge in [-0.1, -0.05) is 6.92 Å². The summed E-state index contributed by atoms with van der Waals surface area (Å²) in [5.41, 5.74) is -1.71. The van der Waals surface area contributed by atoms with E-state index < -0.39 is 18.2 Å². The van der Waals surface area contributed by atoms with E-state index in [2.05, 4.69) is 0 Å². The van der Waals surface area contributed by atoms with Gasteiger partial charge in [0.05, 0.1) is 41.1 Å². The average Bonchev–Trinajstić information content (AvgIpc) is 2.80. The van der Waals surface area contributed by atoms with Crippen LogP contribution in [0, 0.1) is 0 Å². The van der Waals surface area contributed by atoms with Gasteiger partial charge >= 0.3 is 0 Å². The van der Waals surface area contributed by atoms with Crippen molar-refractivity contribution in [1.82, 2.24) is 0 Å². The van der Waals surface area contributed by atoms with Crippen LogP contribution in [0.1, 0.15) is 27.6 Å². The van der Waals surface area contributed by atoms with Gasteiger partial charge in [0.15, 0.2) is 0 Å². The second kappa shape index (κ2) is 9.67. The number of carbonyl (C=O) groups is 2. The van der Waals surface area contributed by atoms with Crippen molar-refractivity contribution in [2.45, 2.75) is 6.92 Å². The normalized spacial score (nSPS) is 12.5. The van der Waals surface area contributed by atoms with Crippen LogP contribution in [0.5, 0.6) is 28.7 Å². The molecule has 0 fully saturated rings. The highest BCUT2D eigenvalue weighted by atomic mass is 31.2. The van der Waals surface area contributed by atoms with Crippen molar-refractivity contribution >= 4 is 18.2 Å². The number of ether oxygens (including phenoxy) is 5. The fourth-order valence-corrected chi connectivity index (χ4v) is 4.86. The monoisotopic (exact) mass is 436 g/mol. The Bertz CT molecular complexity index is 973. The quantitative estimate of drug-likeness (QED) is 0.514. The van der Waals surface area contributed by atoms with E-state index in [1.807, 2.05) is 0 Å². The fourth-order valence-electron chi connectivity index (χ4n) is 2.95. The Kier molecular flexibility index (Phi) is 7.51. The zero-order chi connectivity index (χ0) is 22.5. The number of rotatable bonds is 10. The molecular weight excluding hydrogens is 411 g/mol. The summed E-state index contributed by atoms with van der Waals surface area (Å²) >= 11 is 0. The largest absolute Gasteiger partial charge is 0.497 e. The zero-order valence-electron chi connectivity index (χ0n) is 17.8. The number of hydrogen-bond donors (Lipinski definition) is 0. The molecule has 0 radical (unpaired) electrons. The first kappa shape index (κ1) is 23.3. The van der Waals surface area contributed by atoms with Gasteiger partial charge in [0.1, 0.15) is 34.3 Å².